The van der Waals surface area contributed by atoms with E-state index in [4.69, 9.17) is 14.2 Å². The van der Waals surface area contributed by atoms with Gasteiger partial charge in [-0.05, 0) is 67.8 Å². The monoisotopic (exact) mass is 394 g/mol. The van der Waals surface area contributed by atoms with Crippen molar-refractivity contribution in [3.05, 3.63) is 71.8 Å². The first-order valence-electron chi connectivity index (χ1n) is 10.1. The van der Waals surface area contributed by atoms with Crippen LogP contribution in [-0.2, 0) is 0 Å². The van der Waals surface area contributed by atoms with Gasteiger partial charge in [-0.25, -0.2) is 0 Å². The van der Waals surface area contributed by atoms with Crippen molar-refractivity contribution in [1.29, 1.82) is 0 Å². The van der Waals surface area contributed by atoms with E-state index in [1.807, 2.05) is 19.1 Å². The molecule has 0 amide bonds. The summed E-state index contributed by atoms with van der Waals surface area (Å²) < 4.78 is 17.3. The largest absolute Gasteiger partial charge is 0.493 e. The first-order valence-corrected chi connectivity index (χ1v) is 10.1. The van der Waals surface area contributed by atoms with Gasteiger partial charge in [-0.2, -0.15) is 0 Å². The van der Waals surface area contributed by atoms with Gasteiger partial charge in [0.25, 0.3) is 0 Å². The predicted molar refractivity (Wildman–Crippen MR) is 118 cm³/mol. The number of allylic oxidation sites excluding steroid dienone is 1. The summed E-state index contributed by atoms with van der Waals surface area (Å²) in [5, 5.41) is 0. The second-order valence-electron chi connectivity index (χ2n) is 6.64. The normalized spacial score (nSPS) is 10.7. The summed E-state index contributed by atoms with van der Waals surface area (Å²) in [4.78, 5) is 12.7. The van der Waals surface area contributed by atoms with Gasteiger partial charge >= 0.3 is 0 Å². The summed E-state index contributed by atoms with van der Waals surface area (Å²) in [6.07, 6.45) is 6.84. The molecule has 0 aliphatic rings. The van der Waals surface area contributed by atoms with Crippen molar-refractivity contribution in [2.24, 2.45) is 0 Å². The van der Waals surface area contributed by atoms with Crippen molar-refractivity contribution < 1.29 is 19.0 Å². The Hall–Kier alpha value is -3.01. The maximum atomic E-state index is 12.7. The molecule has 0 unspecified atom stereocenters. The third-order valence-corrected chi connectivity index (χ3v) is 4.17. The Morgan fingerprint density at radius 2 is 1.66 bits per heavy atom. The van der Waals surface area contributed by atoms with E-state index >= 15 is 0 Å². The van der Waals surface area contributed by atoms with E-state index in [-0.39, 0.29) is 5.78 Å². The van der Waals surface area contributed by atoms with Gasteiger partial charge in [0, 0.05) is 5.56 Å². The lowest BCUT2D eigenvalue weighted by atomic mass is 10.1. The number of hydrogen-bond donors (Lipinski definition) is 0. The molecule has 0 aromatic heterocycles. The minimum absolute atomic E-state index is 0.0929. The molecule has 2 aromatic rings. The van der Waals surface area contributed by atoms with E-state index in [0.717, 1.165) is 35.5 Å². The molecule has 0 saturated heterocycles. The smallest absolute Gasteiger partial charge is 0.185 e. The van der Waals surface area contributed by atoms with E-state index < -0.39 is 0 Å². The SMILES string of the molecule is C=CCOc1ccc(C(=O)C=Cc2c(OCCC)ccc(C)c2OCCC)cc1. The first kappa shape index (κ1) is 22.3. The highest BCUT2D eigenvalue weighted by Crippen LogP contribution is 2.34. The molecule has 0 atom stereocenters. The summed E-state index contributed by atoms with van der Waals surface area (Å²) in [5.74, 6) is 2.10. The van der Waals surface area contributed by atoms with Crippen LogP contribution in [-0.4, -0.2) is 25.6 Å². The highest BCUT2D eigenvalue weighted by molar-refractivity contribution is 6.07. The Balaban J connectivity index is 2.27. The number of carbonyl (C=O) groups is 1. The van der Waals surface area contributed by atoms with Gasteiger partial charge in [0.05, 0.1) is 18.8 Å². The van der Waals surface area contributed by atoms with Crippen molar-refractivity contribution in [3.63, 3.8) is 0 Å². The molecular formula is C25H30O4. The van der Waals surface area contributed by atoms with Crippen LogP contribution in [0.1, 0.15) is 48.2 Å². The van der Waals surface area contributed by atoms with Crippen LogP contribution in [0.5, 0.6) is 17.2 Å². The zero-order valence-electron chi connectivity index (χ0n) is 17.6. The summed E-state index contributed by atoms with van der Waals surface area (Å²) in [6.45, 7) is 11.4. The van der Waals surface area contributed by atoms with Crippen LogP contribution in [0.3, 0.4) is 0 Å². The highest BCUT2D eigenvalue weighted by Gasteiger charge is 2.13. The molecule has 0 saturated carbocycles. The van der Waals surface area contributed by atoms with E-state index in [9.17, 15) is 4.79 Å². The molecule has 0 aliphatic carbocycles. The zero-order chi connectivity index (χ0) is 21.1. The first-order chi connectivity index (χ1) is 14.1. The third-order valence-electron chi connectivity index (χ3n) is 4.17. The zero-order valence-corrected chi connectivity index (χ0v) is 17.6. The second-order valence-corrected chi connectivity index (χ2v) is 6.64. The van der Waals surface area contributed by atoms with Gasteiger partial charge < -0.3 is 14.2 Å². The molecule has 2 rings (SSSR count). The Bertz CT molecular complexity index is 835. The number of aryl methyl sites for hydroxylation is 1. The molecule has 0 heterocycles. The van der Waals surface area contributed by atoms with Gasteiger partial charge in [-0.1, -0.05) is 32.6 Å². The number of ketones is 1. The van der Waals surface area contributed by atoms with Crippen LogP contribution in [0.2, 0.25) is 0 Å². The fourth-order valence-corrected chi connectivity index (χ4v) is 2.71. The lowest BCUT2D eigenvalue weighted by Crippen LogP contribution is -2.03. The average molecular weight is 395 g/mol. The second kappa shape index (κ2) is 11.7. The van der Waals surface area contributed by atoms with Crippen molar-refractivity contribution >= 4 is 11.9 Å². The molecule has 29 heavy (non-hydrogen) atoms. The minimum atomic E-state index is -0.0929. The number of benzene rings is 2. The summed E-state index contributed by atoms with van der Waals surface area (Å²) >= 11 is 0. The summed E-state index contributed by atoms with van der Waals surface area (Å²) in [7, 11) is 0. The molecule has 0 N–H and O–H groups in total. The summed E-state index contributed by atoms with van der Waals surface area (Å²) in [5.41, 5.74) is 2.40. The molecule has 0 bridgehead atoms. The van der Waals surface area contributed by atoms with Crippen LogP contribution in [0.15, 0.2) is 55.1 Å². The molecule has 0 fully saturated rings. The molecule has 0 spiro atoms. The van der Waals surface area contributed by atoms with Gasteiger partial charge in [0.15, 0.2) is 5.78 Å². The Kier molecular flexibility index (Phi) is 9.03. The Morgan fingerprint density at radius 3 is 2.31 bits per heavy atom. The van der Waals surface area contributed by atoms with Crippen molar-refractivity contribution in [1.82, 2.24) is 0 Å². The molecule has 0 aliphatic heterocycles. The van der Waals surface area contributed by atoms with Gasteiger partial charge in [-0.3, -0.25) is 4.79 Å². The van der Waals surface area contributed by atoms with Crippen LogP contribution in [0.25, 0.3) is 6.08 Å². The Labute approximate surface area is 173 Å². The lowest BCUT2D eigenvalue weighted by molar-refractivity contribution is 0.104. The number of rotatable bonds is 12. The number of hydrogen-bond acceptors (Lipinski definition) is 4. The average Bonchev–Trinajstić information content (AvgIpc) is 2.74. The van der Waals surface area contributed by atoms with E-state index in [1.165, 1.54) is 0 Å². The van der Waals surface area contributed by atoms with Gasteiger partial charge in [0.1, 0.15) is 23.9 Å². The molecule has 154 valence electrons. The van der Waals surface area contributed by atoms with E-state index in [0.29, 0.717) is 31.1 Å². The van der Waals surface area contributed by atoms with Crippen molar-refractivity contribution in [3.8, 4) is 17.2 Å². The Morgan fingerprint density at radius 1 is 0.966 bits per heavy atom. The van der Waals surface area contributed by atoms with E-state index in [2.05, 4.69) is 20.4 Å². The summed E-state index contributed by atoms with van der Waals surface area (Å²) in [6, 6.07) is 11.0. The predicted octanol–water partition coefficient (Wildman–Crippen LogP) is 6.03. The number of carbonyl (C=O) groups excluding carboxylic acids is 1. The number of ether oxygens (including phenoxy) is 3. The van der Waals surface area contributed by atoms with Crippen molar-refractivity contribution in [2.45, 2.75) is 33.6 Å². The lowest BCUT2D eigenvalue weighted by Gasteiger charge is -2.16. The van der Waals surface area contributed by atoms with Gasteiger partial charge in [-0.15, -0.1) is 0 Å². The highest BCUT2D eigenvalue weighted by atomic mass is 16.5. The van der Waals surface area contributed by atoms with Gasteiger partial charge in [0.2, 0.25) is 0 Å². The quantitative estimate of drug-likeness (QED) is 0.250. The third kappa shape index (κ3) is 6.53. The molecular weight excluding hydrogens is 364 g/mol. The standard InChI is InChI=1S/C25H30O4/c1-5-16-27-21-11-9-20(10-12-21)23(26)14-13-22-24(28-17-6-2)15-8-19(4)25(22)29-18-7-3/h5,8-15H,1,6-7,16-18H2,2-4H3. The molecule has 4 heteroatoms. The van der Waals surface area contributed by atoms with Crippen LogP contribution in [0, 0.1) is 6.92 Å². The van der Waals surface area contributed by atoms with Crippen molar-refractivity contribution in [2.75, 3.05) is 19.8 Å². The van der Waals surface area contributed by atoms with E-state index in [1.54, 1.807) is 42.5 Å². The van der Waals surface area contributed by atoms with Crippen LogP contribution >= 0.6 is 0 Å². The molecule has 0 radical (unpaired) electrons. The maximum absolute atomic E-state index is 12.7. The molecule has 4 nitrogen and oxygen atoms in total. The van der Waals surface area contributed by atoms with Crippen LogP contribution in [0.4, 0.5) is 0 Å². The fourth-order valence-electron chi connectivity index (χ4n) is 2.71. The topological polar surface area (TPSA) is 44.8 Å². The minimum Gasteiger partial charge on any atom is -0.493 e. The maximum Gasteiger partial charge on any atom is 0.185 e. The molecule has 2 aromatic carbocycles. The van der Waals surface area contributed by atoms with Crippen LogP contribution < -0.4 is 14.2 Å². The fraction of sp³-hybridized carbons (Fsp3) is 0.320.